The number of hydrogen-bond acceptors (Lipinski definition) is 3. The van der Waals surface area contributed by atoms with Crippen LogP contribution in [-0.4, -0.2) is 15.7 Å². The van der Waals surface area contributed by atoms with Crippen molar-refractivity contribution in [3.05, 3.63) is 56.7 Å². The second-order valence-electron chi connectivity index (χ2n) is 4.35. The van der Waals surface area contributed by atoms with Crippen LogP contribution in [0, 0.1) is 0 Å². The van der Waals surface area contributed by atoms with Gasteiger partial charge in [-0.25, -0.2) is 9.36 Å². The van der Waals surface area contributed by atoms with Crippen LogP contribution < -0.4 is 16.0 Å². The van der Waals surface area contributed by atoms with Crippen LogP contribution in [0.4, 0.5) is 0 Å². The van der Waals surface area contributed by atoms with Crippen LogP contribution >= 0.6 is 0 Å². The molecule has 2 heterocycles. The quantitative estimate of drug-likeness (QED) is 0.808. The molecule has 1 unspecified atom stereocenters. The fourth-order valence-electron chi connectivity index (χ4n) is 2.18. The van der Waals surface area contributed by atoms with Gasteiger partial charge in [-0.05, 0) is 19.1 Å². The lowest BCUT2D eigenvalue weighted by atomic mass is 10.2. The van der Waals surface area contributed by atoms with Crippen molar-refractivity contribution in [3.8, 4) is 11.6 Å². The van der Waals surface area contributed by atoms with Crippen molar-refractivity contribution in [2.45, 2.75) is 19.4 Å². The third-order valence-corrected chi connectivity index (χ3v) is 2.98. The number of para-hydroxylation sites is 1. The highest BCUT2D eigenvalue weighted by Gasteiger charge is 2.25. The van der Waals surface area contributed by atoms with E-state index in [9.17, 15) is 9.59 Å². The van der Waals surface area contributed by atoms with Gasteiger partial charge in [-0.2, -0.15) is 0 Å². The highest BCUT2D eigenvalue weighted by Crippen LogP contribution is 2.21. The fourth-order valence-corrected chi connectivity index (χ4v) is 2.18. The first kappa shape index (κ1) is 10.8. The maximum atomic E-state index is 12.3. The van der Waals surface area contributed by atoms with Gasteiger partial charge in [0, 0.05) is 6.42 Å². The minimum Gasteiger partial charge on any atom is -0.475 e. The Morgan fingerprint density at radius 1 is 1.28 bits per heavy atom. The molecule has 92 valence electrons. The zero-order valence-corrected chi connectivity index (χ0v) is 9.84. The van der Waals surface area contributed by atoms with E-state index in [0.717, 1.165) is 4.57 Å². The minimum atomic E-state index is -0.473. The van der Waals surface area contributed by atoms with E-state index in [4.69, 9.17) is 4.74 Å². The van der Waals surface area contributed by atoms with E-state index in [-0.39, 0.29) is 11.7 Å². The topological polar surface area (TPSA) is 64.1 Å². The molecule has 0 spiro atoms. The molecule has 1 aliphatic rings. The summed E-state index contributed by atoms with van der Waals surface area (Å²) in [5.41, 5.74) is 0.320. The number of nitrogens with zero attached hydrogens (tertiary/aromatic N) is 1. The lowest BCUT2D eigenvalue weighted by Crippen LogP contribution is -2.35. The molecule has 2 aromatic rings. The molecular weight excluding hydrogens is 232 g/mol. The first-order valence-corrected chi connectivity index (χ1v) is 5.77. The highest BCUT2D eigenvalue weighted by molar-refractivity contribution is 5.35. The second kappa shape index (κ2) is 3.87. The number of aromatic nitrogens is 2. The summed E-state index contributed by atoms with van der Waals surface area (Å²) in [4.78, 5) is 26.8. The predicted molar refractivity (Wildman–Crippen MR) is 66.5 cm³/mol. The Morgan fingerprint density at radius 2 is 2.00 bits per heavy atom. The Bertz CT molecular complexity index is 700. The molecule has 0 saturated heterocycles. The van der Waals surface area contributed by atoms with Crippen molar-refractivity contribution in [1.82, 2.24) is 9.55 Å². The monoisotopic (exact) mass is 244 g/mol. The number of nitrogens with one attached hydrogen (secondary N) is 1. The van der Waals surface area contributed by atoms with E-state index in [1.165, 1.54) is 0 Å². The number of hydrogen-bond donors (Lipinski definition) is 1. The Hall–Kier alpha value is -2.30. The lowest BCUT2D eigenvalue weighted by Gasteiger charge is -2.06. The largest absolute Gasteiger partial charge is 0.475 e. The van der Waals surface area contributed by atoms with E-state index in [1.807, 2.05) is 13.0 Å². The van der Waals surface area contributed by atoms with Gasteiger partial charge < -0.3 is 4.74 Å². The van der Waals surface area contributed by atoms with Crippen LogP contribution in [0.25, 0.3) is 5.69 Å². The molecule has 1 aliphatic heterocycles. The van der Waals surface area contributed by atoms with Gasteiger partial charge in [0.05, 0.1) is 11.3 Å². The molecule has 1 aromatic heterocycles. The van der Waals surface area contributed by atoms with Crippen molar-refractivity contribution in [3.63, 3.8) is 0 Å². The van der Waals surface area contributed by atoms with Crippen LogP contribution in [0.2, 0.25) is 0 Å². The molecule has 0 amide bonds. The molecule has 1 aromatic carbocycles. The molecule has 0 radical (unpaired) electrons. The van der Waals surface area contributed by atoms with E-state index in [2.05, 4.69) is 4.98 Å². The fraction of sp³-hybridized carbons (Fsp3) is 0.231. The van der Waals surface area contributed by atoms with Crippen molar-refractivity contribution in [1.29, 1.82) is 0 Å². The highest BCUT2D eigenvalue weighted by atomic mass is 16.5. The van der Waals surface area contributed by atoms with E-state index in [1.54, 1.807) is 24.3 Å². The number of rotatable bonds is 1. The minimum absolute atomic E-state index is 0.0741. The summed E-state index contributed by atoms with van der Waals surface area (Å²) in [6.07, 6.45) is 0.451. The van der Waals surface area contributed by atoms with Gasteiger partial charge in [0.1, 0.15) is 6.10 Å². The summed E-state index contributed by atoms with van der Waals surface area (Å²) < 4.78 is 6.53. The van der Waals surface area contributed by atoms with E-state index in [0.29, 0.717) is 23.6 Å². The molecule has 18 heavy (non-hydrogen) atoms. The third kappa shape index (κ3) is 1.55. The summed E-state index contributed by atoms with van der Waals surface area (Å²) >= 11 is 0. The average Bonchev–Trinajstić information content (AvgIpc) is 2.71. The van der Waals surface area contributed by atoms with Crippen molar-refractivity contribution in [2.24, 2.45) is 0 Å². The Morgan fingerprint density at radius 3 is 2.72 bits per heavy atom. The van der Waals surface area contributed by atoms with Gasteiger partial charge in [-0.3, -0.25) is 9.78 Å². The van der Waals surface area contributed by atoms with Gasteiger partial charge >= 0.3 is 5.69 Å². The van der Waals surface area contributed by atoms with E-state index < -0.39 is 5.69 Å². The average molecular weight is 244 g/mol. The molecule has 1 N–H and O–H groups in total. The third-order valence-electron chi connectivity index (χ3n) is 2.98. The van der Waals surface area contributed by atoms with Gasteiger partial charge in [0.15, 0.2) is 0 Å². The van der Waals surface area contributed by atoms with Crippen LogP contribution in [0.5, 0.6) is 5.88 Å². The summed E-state index contributed by atoms with van der Waals surface area (Å²) in [6.45, 7) is 1.87. The number of aromatic amines is 1. The molecule has 0 saturated carbocycles. The van der Waals surface area contributed by atoms with Crippen LogP contribution in [0.1, 0.15) is 12.5 Å². The summed E-state index contributed by atoms with van der Waals surface area (Å²) in [5.74, 6) is 0.310. The van der Waals surface area contributed by atoms with Crippen LogP contribution in [0.3, 0.4) is 0 Å². The Kier molecular flexibility index (Phi) is 2.33. The molecule has 5 nitrogen and oxygen atoms in total. The van der Waals surface area contributed by atoms with Crippen molar-refractivity contribution >= 4 is 0 Å². The maximum Gasteiger partial charge on any atom is 0.335 e. The SMILES string of the molecule is CC1Cc2c([nH]c(=O)n(-c3ccccc3)c2=O)O1. The number of H-pyrrole nitrogens is 1. The first-order valence-electron chi connectivity index (χ1n) is 5.77. The zero-order chi connectivity index (χ0) is 12.7. The number of benzene rings is 1. The molecule has 3 rings (SSSR count). The van der Waals surface area contributed by atoms with Crippen molar-refractivity contribution < 1.29 is 4.74 Å². The molecule has 0 bridgehead atoms. The summed E-state index contributed by atoms with van der Waals surface area (Å²) in [7, 11) is 0. The Labute approximate surface area is 103 Å². The first-order chi connectivity index (χ1) is 8.66. The lowest BCUT2D eigenvalue weighted by molar-refractivity contribution is 0.245. The molecule has 0 aliphatic carbocycles. The van der Waals surface area contributed by atoms with E-state index >= 15 is 0 Å². The van der Waals surface area contributed by atoms with Crippen molar-refractivity contribution in [2.75, 3.05) is 0 Å². The smallest absolute Gasteiger partial charge is 0.335 e. The zero-order valence-electron chi connectivity index (χ0n) is 9.84. The number of ether oxygens (including phenoxy) is 1. The van der Waals surface area contributed by atoms with Gasteiger partial charge in [0.2, 0.25) is 5.88 Å². The second-order valence-corrected chi connectivity index (χ2v) is 4.35. The maximum absolute atomic E-state index is 12.3. The molecule has 0 fully saturated rings. The van der Waals surface area contributed by atoms with Gasteiger partial charge in [-0.1, -0.05) is 18.2 Å². The van der Waals surface area contributed by atoms with Crippen LogP contribution in [0.15, 0.2) is 39.9 Å². The molecular formula is C13H12N2O3. The van der Waals surface area contributed by atoms with Gasteiger partial charge in [0.25, 0.3) is 5.56 Å². The van der Waals surface area contributed by atoms with Crippen LogP contribution in [-0.2, 0) is 6.42 Å². The Balaban J connectivity index is 2.28. The summed E-state index contributed by atoms with van der Waals surface area (Å²) in [5, 5.41) is 0. The van der Waals surface area contributed by atoms with Gasteiger partial charge in [-0.15, -0.1) is 0 Å². The number of fused-ring (bicyclic) bond motifs is 1. The summed E-state index contributed by atoms with van der Waals surface area (Å²) in [6, 6.07) is 8.85. The predicted octanol–water partition coefficient (Wildman–Crippen LogP) is 0.849. The molecule has 1 atom stereocenters. The molecule has 5 heteroatoms. The standard InChI is InChI=1S/C13H12N2O3/c1-8-7-10-11(18-8)14-13(17)15(12(10)16)9-5-3-2-4-6-9/h2-6,8H,7H2,1H3,(H,14,17). The normalized spacial score (nSPS) is 17.3.